The SMILES string of the molecule is CC(CC(=O)OC(C)(C)C)NC[C@H](C)O. The molecule has 0 aliphatic carbocycles. The molecule has 0 aliphatic heterocycles. The van der Waals surface area contributed by atoms with Crippen LogP contribution in [-0.2, 0) is 9.53 Å². The largest absolute Gasteiger partial charge is 0.460 e. The average Bonchev–Trinajstić information content (AvgIpc) is 1.96. The number of hydrogen-bond acceptors (Lipinski definition) is 4. The van der Waals surface area contributed by atoms with Gasteiger partial charge in [-0.3, -0.25) is 4.79 Å². The van der Waals surface area contributed by atoms with Crippen molar-refractivity contribution in [2.75, 3.05) is 6.54 Å². The van der Waals surface area contributed by atoms with E-state index in [1.807, 2.05) is 27.7 Å². The molecule has 4 heteroatoms. The predicted molar refractivity (Wildman–Crippen MR) is 59.6 cm³/mol. The molecule has 0 spiro atoms. The van der Waals surface area contributed by atoms with Crippen molar-refractivity contribution in [2.45, 2.75) is 58.8 Å². The van der Waals surface area contributed by atoms with Gasteiger partial charge in [-0.25, -0.2) is 0 Å². The zero-order valence-corrected chi connectivity index (χ0v) is 10.3. The van der Waals surface area contributed by atoms with Gasteiger partial charge in [-0.05, 0) is 34.6 Å². The average molecular weight is 217 g/mol. The van der Waals surface area contributed by atoms with E-state index in [4.69, 9.17) is 9.84 Å². The van der Waals surface area contributed by atoms with Crippen LogP contribution in [0.1, 0.15) is 41.0 Å². The number of carbonyl (C=O) groups is 1. The summed E-state index contributed by atoms with van der Waals surface area (Å²) in [4.78, 5) is 11.4. The monoisotopic (exact) mass is 217 g/mol. The molecule has 0 aliphatic rings. The maximum Gasteiger partial charge on any atom is 0.307 e. The molecule has 0 heterocycles. The minimum absolute atomic E-state index is 0.0226. The Labute approximate surface area is 92.0 Å². The fraction of sp³-hybridized carbons (Fsp3) is 0.909. The Morgan fingerprint density at radius 2 is 1.93 bits per heavy atom. The number of ether oxygens (including phenoxy) is 1. The van der Waals surface area contributed by atoms with Crippen molar-refractivity contribution >= 4 is 5.97 Å². The molecule has 0 aromatic heterocycles. The summed E-state index contributed by atoms with van der Waals surface area (Å²) in [5.41, 5.74) is -0.429. The Bertz CT molecular complexity index is 196. The Morgan fingerprint density at radius 1 is 1.40 bits per heavy atom. The lowest BCUT2D eigenvalue weighted by Crippen LogP contribution is -2.35. The summed E-state index contributed by atoms with van der Waals surface area (Å²) in [6.07, 6.45) is -0.0737. The fourth-order valence-electron chi connectivity index (χ4n) is 1.08. The van der Waals surface area contributed by atoms with Gasteiger partial charge >= 0.3 is 5.97 Å². The Hall–Kier alpha value is -0.610. The van der Waals surface area contributed by atoms with E-state index in [2.05, 4.69) is 5.32 Å². The topological polar surface area (TPSA) is 58.6 Å². The quantitative estimate of drug-likeness (QED) is 0.676. The van der Waals surface area contributed by atoms with Crippen molar-refractivity contribution in [1.82, 2.24) is 5.32 Å². The van der Waals surface area contributed by atoms with Gasteiger partial charge in [0.2, 0.25) is 0 Å². The number of aliphatic hydroxyl groups excluding tert-OH is 1. The van der Waals surface area contributed by atoms with Gasteiger partial charge < -0.3 is 15.2 Å². The summed E-state index contributed by atoms with van der Waals surface area (Å²) >= 11 is 0. The number of esters is 1. The van der Waals surface area contributed by atoms with Crippen molar-refractivity contribution < 1.29 is 14.6 Å². The van der Waals surface area contributed by atoms with Crippen LogP contribution >= 0.6 is 0 Å². The molecule has 0 aromatic rings. The third kappa shape index (κ3) is 9.69. The normalized spacial score (nSPS) is 15.9. The lowest BCUT2D eigenvalue weighted by molar-refractivity contribution is -0.155. The number of aliphatic hydroxyl groups is 1. The predicted octanol–water partition coefficient (Wildman–Crippen LogP) is 1.08. The Balaban J connectivity index is 3.77. The van der Waals surface area contributed by atoms with Crippen LogP contribution in [0.3, 0.4) is 0 Å². The zero-order chi connectivity index (χ0) is 12.1. The molecule has 0 bridgehead atoms. The van der Waals surface area contributed by atoms with Gasteiger partial charge in [0.1, 0.15) is 5.60 Å². The van der Waals surface area contributed by atoms with Gasteiger partial charge in [0.15, 0.2) is 0 Å². The first-order valence-corrected chi connectivity index (χ1v) is 5.34. The maximum absolute atomic E-state index is 11.4. The maximum atomic E-state index is 11.4. The second-order valence-electron chi connectivity index (χ2n) is 4.95. The van der Waals surface area contributed by atoms with E-state index in [1.54, 1.807) is 6.92 Å². The molecule has 0 rings (SSSR count). The number of nitrogens with one attached hydrogen (secondary N) is 1. The summed E-state index contributed by atoms with van der Waals surface area (Å²) in [6.45, 7) is 9.62. The molecule has 2 N–H and O–H groups in total. The van der Waals surface area contributed by atoms with E-state index in [1.165, 1.54) is 0 Å². The minimum atomic E-state index is -0.429. The van der Waals surface area contributed by atoms with Crippen LogP contribution in [0, 0.1) is 0 Å². The van der Waals surface area contributed by atoms with Gasteiger partial charge in [-0.15, -0.1) is 0 Å². The van der Waals surface area contributed by atoms with E-state index < -0.39 is 11.7 Å². The van der Waals surface area contributed by atoms with Crippen LogP contribution in [0.4, 0.5) is 0 Å². The molecule has 0 fully saturated rings. The molecular formula is C11H23NO3. The highest BCUT2D eigenvalue weighted by Gasteiger charge is 2.18. The van der Waals surface area contributed by atoms with Crippen molar-refractivity contribution in [3.8, 4) is 0 Å². The molecule has 4 nitrogen and oxygen atoms in total. The molecule has 0 amide bonds. The van der Waals surface area contributed by atoms with Crippen LogP contribution in [0.25, 0.3) is 0 Å². The van der Waals surface area contributed by atoms with Gasteiger partial charge in [-0.1, -0.05) is 0 Å². The van der Waals surface area contributed by atoms with E-state index >= 15 is 0 Å². The second-order valence-corrected chi connectivity index (χ2v) is 4.95. The van der Waals surface area contributed by atoms with Crippen molar-refractivity contribution in [3.63, 3.8) is 0 Å². The fourth-order valence-corrected chi connectivity index (χ4v) is 1.08. The van der Waals surface area contributed by atoms with Crippen LogP contribution < -0.4 is 5.32 Å². The van der Waals surface area contributed by atoms with Crippen LogP contribution in [-0.4, -0.2) is 35.4 Å². The molecule has 2 atom stereocenters. The van der Waals surface area contributed by atoms with Crippen LogP contribution in [0.15, 0.2) is 0 Å². The summed E-state index contributed by atoms with van der Waals surface area (Å²) in [5, 5.41) is 12.1. The van der Waals surface area contributed by atoms with Gasteiger partial charge in [0, 0.05) is 12.6 Å². The highest BCUT2D eigenvalue weighted by molar-refractivity contribution is 5.70. The van der Waals surface area contributed by atoms with Gasteiger partial charge in [0.05, 0.1) is 12.5 Å². The third-order valence-corrected chi connectivity index (χ3v) is 1.65. The first-order chi connectivity index (χ1) is 6.70. The Kier molecular flexibility index (Phi) is 5.83. The van der Waals surface area contributed by atoms with E-state index in [-0.39, 0.29) is 12.0 Å². The van der Waals surface area contributed by atoms with Gasteiger partial charge in [0.25, 0.3) is 0 Å². The highest BCUT2D eigenvalue weighted by atomic mass is 16.6. The summed E-state index contributed by atoms with van der Waals surface area (Å²) in [7, 11) is 0. The van der Waals surface area contributed by atoms with Crippen LogP contribution in [0.2, 0.25) is 0 Å². The number of rotatable bonds is 5. The van der Waals surface area contributed by atoms with Crippen molar-refractivity contribution in [3.05, 3.63) is 0 Å². The number of carbonyl (C=O) groups excluding carboxylic acids is 1. The smallest absolute Gasteiger partial charge is 0.307 e. The van der Waals surface area contributed by atoms with Gasteiger partial charge in [-0.2, -0.15) is 0 Å². The first kappa shape index (κ1) is 14.4. The highest BCUT2D eigenvalue weighted by Crippen LogP contribution is 2.09. The summed E-state index contributed by atoms with van der Waals surface area (Å²) in [5.74, 6) is -0.215. The molecule has 0 saturated carbocycles. The molecule has 1 unspecified atom stereocenters. The van der Waals surface area contributed by atoms with Crippen molar-refractivity contribution in [1.29, 1.82) is 0 Å². The standard InChI is InChI=1S/C11H23NO3/c1-8(12-7-9(2)13)6-10(14)15-11(3,4)5/h8-9,12-13H,6-7H2,1-5H3/t8?,9-/m0/s1. The van der Waals surface area contributed by atoms with E-state index in [0.29, 0.717) is 13.0 Å². The van der Waals surface area contributed by atoms with E-state index in [9.17, 15) is 4.79 Å². The molecular weight excluding hydrogens is 194 g/mol. The van der Waals surface area contributed by atoms with E-state index in [0.717, 1.165) is 0 Å². The summed E-state index contributed by atoms with van der Waals surface area (Å²) < 4.78 is 5.17. The Morgan fingerprint density at radius 3 is 2.33 bits per heavy atom. The minimum Gasteiger partial charge on any atom is -0.460 e. The zero-order valence-electron chi connectivity index (χ0n) is 10.3. The van der Waals surface area contributed by atoms with Crippen molar-refractivity contribution in [2.24, 2.45) is 0 Å². The summed E-state index contributed by atoms with van der Waals surface area (Å²) in [6, 6.07) is 0.0226. The molecule has 0 aromatic carbocycles. The first-order valence-electron chi connectivity index (χ1n) is 5.34. The molecule has 0 saturated heterocycles. The number of hydrogen-bond donors (Lipinski definition) is 2. The molecule has 90 valence electrons. The second kappa shape index (κ2) is 6.08. The third-order valence-electron chi connectivity index (χ3n) is 1.65. The molecule has 0 radical (unpaired) electrons. The lowest BCUT2D eigenvalue weighted by Gasteiger charge is -2.21. The molecule has 15 heavy (non-hydrogen) atoms. The van der Waals surface area contributed by atoms with Crippen LogP contribution in [0.5, 0.6) is 0 Å². The lowest BCUT2D eigenvalue weighted by atomic mass is 10.2.